The number of hydrogen-bond donors (Lipinski definition) is 3. The molecule has 128 valence electrons. The van der Waals surface area contributed by atoms with E-state index in [1.165, 1.54) is 12.1 Å². The number of carbonyl (C=O) groups excluding carboxylic acids is 1. The second-order valence-electron chi connectivity index (χ2n) is 5.55. The van der Waals surface area contributed by atoms with Crippen LogP contribution in [0.3, 0.4) is 0 Å². The van der Waals surface area contributed by atoms with E-state index in [1.54, 1.807) is 6.20 Å². The molecule has 0 radical (unpaired) electrons. The van der Waals surface area contributed by atoms with Gasteiger partial charge in [0.2, 0.25) is 0 Å². The first-order valence-electron chi connectivity index (χ1n) is 7.49. The van der Waals surface area contributed by atoms with E-state index < -0.39 is 23.7 Å². The van der Waals surface area contributed by atoms with E-state index in [2.05, 4.69) is 10.3 Å². The first kappa shape index (κ1) is 17.0. The van der Waals surface area contributed by atoms with Crippen molar-refractivity contribution in [3.8, 4) is 0 Å². The van der Waals surface area contributed by atoms with Gasteiger partial charge in [0.15, 0.2) is 0 Å². The Hall–Kier alpha value is -2.86. The molecule has 0 aliphatic carbocycles. The molecule has 3 N–H and O–H groups in total. The average molecular weight is 361 g/mol. The van der Waals surface area contributed by atoms with Crippen LogP contribution in [-0.2, 0) is 11.2 Å². The van der Waals surface area contributed by atoms with E-state index in [0.717, 1.165) is 22.5 Å². The number of benzene rings is 2. The predicted molar refractivity (Wildman–Crippen MR) is 92.3 cm³/mol. The summed E-state index contributed by atoms with van der Waals surface area (Å²) < 4.78 is 13.8. The largest absolute Gasteiger partial charge is 0.480 e. The molecule has 2 aromatic carbocycles. The molecule has 1 heterocycles. The van der Waals surface area contributed by atoms with Crippen LogP contribution in [0, 0.1) is 5.82 Å². The molecule has 0 saturated heterocycles. The minimum Gasteiger partial charge on any atom is -0.480 e. The van der Waals surface area contributed by atoms with Gasteiger partial charge in [0, 0.05) is 28.5 Å². The fourth-order valence-electron chi connectivity index (χ4n) is 2.63. The molecule has 7 heteroatoms. The number of carboxylic acid groups (broad SMARTS) is 1. The number of amides is 1. The van der Waals surface area contributed by atoms with Crippen molar-refractivity contribution in [1.82, 2.24) is 10.3 Å². The first-order valence-corrected chi connectivity index (χ1v) is 7.87. The summed E-state index contributed by atoms with van der Waals surface area (Å²) in [6.07, 6.45) is 1.77. The summed E-state index contributed by atoms with van der Waals surface area (Å²) in [4.78, 5) is 26.8. The van der Waals surface area contributed by atoms with Gasteiger partial charge in [-0.25, -0.2) is 9.18 Å². The lowest BCUT2D eigenvalue weighted by Crippen LogP contribution is -2.42. The van der Waals surface area contributed by atoms with Crippen LogP contribution in [-0.4, -0.2) is 28.0 Å². The zero-order chi connectivity index (χ0) is 18.0. The van der Waals surface area contributed by atoms with E-state index in [4.69, 9.17) is 11.6 Å². The third kappa shape index (κ3) is 3.64. The molecule has 1 aromatic heterocycles. The number of fused-ring (bicyclic) bond motifs is 1. The zero-order valence-corrected chi connectivity index (χ0v) is 13.7. The summed E-state index contributed by atoms with van der Waals surface area (Å²) in [5, 5.41) is 12.8. The predicted octanol–water partition coefficient (Wildman–Crippen LogP) is 3.39. The first-order chi connectivity index (χ1) is 12.0. The Morgan fingerprint density at radius 2 is 2.00 bits per heavy atom. The number of para-hydroxylation sites is 1. The van der Waals surface area contributed by atoms with Crippen LogP contribution in [0.1, 0.15) is 15.9 Å². The average Bonchev–Trinajstić information content (AvgIpc) is 2.97. The van der Waals surface area contributed by atoms with Crippen LogP contribution in [0.4, 0.5) is 4.39 Å². The number of hydrogen-bond acceptors (Lipinski definition) is 2. The summed E-state index contributed by atoms with van der Waals surface area (Å²) >= 11 is 5.66. The van der Waals surface area contributed by atoms with Crippen LogP contribution in [0.15, 0.2) is 48.7 Å². The molecular weight excluding hydrogens is 347 g/mol. The van der Waals surface area contributed by atoms with E-state index in [-0.39, 0.29) is 17.0 Å². The Morgan fingerprint density at radius 1 is 1.24 bits per heavy atom. The molecule has 5 nitrogen and oxygen atoms in total. The zero-order valence-electron chi connectivity index (χ0n) is 12.9. The molecule has 0 bridgehead atoms. The molecule has 3 rings (SSSR count). The second kappa shape index (κ2) is 6.94. The Morgan fingerprint density at radius 3 is 2.72 bits per heavy atom. The summed E-state index contributed by atoms with van der Waals surface area (Å²) in [7, 11) is 0. The fourth-order valence-corrected chi connectivity index (χ4v) is 2.79. The van der Waals surface area contributed by atoms with Crippen molar-refractivity contribution in [2.75, 3.05) is 0 Å². The standard InChI is InChI=1S/C18H14ClFN2O3/c19-11-5-6-13(14(20)8-11)17(23)22-16(18(24)25)7-10-9-21-15-4-2-1-3-12(10)15/h1-6,8-9,16,21H,7H2,(H,22,23)(H,24,25)/t16-/m0/s1. The molecule has 0 spiro atoms. The molecule has 0 saturated carbocycles. The number of aliphatic carboxylic acids is 1. The molecule has 0 aliphatic rings. The normalized spacial score (nSPS) is 12.1. The third-order valence-electron chi connectivity index (χ3n) is 3.88. The lowest BCUT2D eigenvalue weighted by Gasteiger charge is -2.14. The third-order valence-corrected chi connectivity index (χ3v) is 4.11. The van der Waals surface area contributed by atoms with Gasteiger partial charge in [-0.15, -0.1) is 0 Å². The maximum absolute atomic E-state index is 13.8. The number of halogens is 2. The van der Waals surface area contributed by atoms with Crippen molar-refractivity contribution in [2.45, 2.75) is 12.5 Å². The highest BCUT2D eigenvalue weighted by atomic mass is 35.5. The Bertz CT molecular complexity index is 954. The molecule has 1 amide bonds. The van der Waals surface area contributed by atoms with Gasteiger partial charge in [-0.05, 0) is 29.8 Å². The minimum atomic E-state index is -1.20. The van der Waals surface area contributed by atoms with Crippen LogP contribution < -0.4 is 5.32 Å². The van der Waals surface area contributed by atoms with Gasteiger partial charge in [-0.1, -0.05) is 29.8 Å². The van der Waals surface area contributed by atoms with Crippen LogP contribution in [0.2, 0.25) is 5.02 Å². The van der Waals surface area contributed by atoms with Gasteiger partial charge in [-0.3, -0.25) is 4.79 Å². The maximum Gasteiger partial charge on any atom is 0.326 e. The number of rotatable bonds is 5. The lowest BCUT2D eigenvalue weighted by atomic mass is 10.0. The summed E-state index contributed by atoms with van der Waals surface area (Å²) in [6, 6.07) is 9.84. The number of carboxylic acids is 1. The van der Waals surface area contributed by atoms with Crippen molar-refractivity contribution in [1.29, 1.82) is 0 Å². The van der Waals surface area contributed by atoms with E-state index >= 15 is 0 Å². The molecule has 3 aromatic rings. The van der Waals surface area contributed by atoms with Crippen molar-refractivity contribution in [3.05, 3.63) is 70.6 Å². The number of aromatic amines is 1. The Kier molecular flexibility index (Phi) is 4.72. The van der Waals surface area contributed by atoms with Crippen molar-refractivity contribution < 1.29 is 19.1 Å². The fraction of sp³-hybridized carbons (Fsp3) is 0.111. The van der Waals surface area contributed by atoms with Crippen LogP contribution in [0.5, 0.6) is 0 Å². The lowest BCUT2D eigenvalue weighted by molar-refractivity contribution is -0.139. The topological polar surface area (TPSA) is 82.2 Å². The van der Waals surface area contributed by atoms with Crippen molar-refractivity contribution in [3.63, 3.8) is 0 Å². The molecular formula is C18H14ClFN2O3. The van der Waals surface area contributed by atoms with Crippen molar-refractivity contribution in [2.24, 2.45) is 0 Å². The highest BCUT2D eigenvalue weighted by Gasteiger charge is 2.23. The number of carbonyl (C=O) groups is 2. The maximum atomic E-state index is 13.8. The van der Waals surface area contributed by atoms with Gasteiger partial charge < -0.3 is 15.4 Å². The van der Waals surface area contributed by atoms with E-state index in [9.17, 15) is 19.1 Å². The van der Waals surface area contributed by atoms with Crippen LogP contribution >= 0.6 is 11.6 Å². The minimum absolute atomic E-state index is 0.0697. The molecule has 0 unspecified atom stereocenters. The summed E-state index contributed by atoms with van der Waals surface area (Å²) in [6.45, 7) is 0. The van der Waals surface area contributed by atoms with Gasteiger partial charge in [0.05, 0.1) is 5.56 Å². The van der Waals surface area contributed by atoms with Gasteiger partial charge >= 0.3 is 5.97 Å². The van der Waals surface area contributed by atoms with Crippen LogP contribution in [0.25, 0.3) is 10.9 Å². The summed E-state index contributed by atoms with van der Waals surface area (Å²) in [5.41, 5.74) is 1.37. The van der Waals surface area contributed by atoms with E-state index in [1.807, 2.05) is 24.3 Å². The van der Waals surface area contributed by atoms with Gasteiger partial charge in [0.25, 0.3) is 5.91 Å². The van der Waals surface area contributed by atoms with Gasteiger partial charge in [0.1, 0.15) is 11.9 Å². The molecule has 1 atom stereocenters. The Balaban J connectivity index is 1.82. The number of aromatic nitrogens is 1. The number of H-pyrrole nitrogens is 1. The quantitative estimate of drug-likeness (QED) is 0.652. The van der Waals surface area contributed by atoms with Gasteiger partial charge in [-0.2, -0.15) is 0 Å². The summed E-state index contributed by atoms with van der Waals surface area (Å²) in [5.74, 6) is -2.81. The smallest absolute Gasteiger partial charge is 0.326 e. The monoisotopic (exact) mass is 360 g/mol. The molecule has 0 aliphatic heterocycles. The highest BCUT2D eigenvalue weighted by Crippen LogP contribution is 2.20. The SMILES string of the molecule is O=C(N[C@@H](Cc1c[nH]c2ccccc12)C(=O)O)c1ccc(Cl)cc1F. The second-order valence-corrected chi connectivity index (χ2v) is 5.99. The van der Waals surface area contributed by atoms with Crippen molar-refractivity contribution >= 4 is 34.4 Å². The molecule has 0 fully saturated rings. The molecule has 25 heavy (non-hydrogen) atoms. The van der Waals surface area contributed by atoms with E-state index in [0.29, 0.717) is 0 Å². The highest BCUT2D eigenvalue weighted by molar-refractivity contribution is 6.30. The number of nitrogens with one attached hydrogen (secondary N) is 2. The Labute approximate surface area is 147 Å².